The number of rotatable bonds is 3. The number of hydrogen-bond acceptors (Lipinski definition) is 4. The smallest absolute Gasteiger partial charge is 0.255 e. The van der Waals surface area contributed by atoms with Gasteiger partial charge >= 0.3 is 0 Å². The third kappa shape index (κ3) is 3.27. The van der Waals surface area contributed by atoms with Crippen LogP contribution in [-0.4, -0.2) is 15.9 Å². The summed E-state index contributed by atoms with van der Waals surface area (Å²) >= 11 is 1.56. The molecule has 0 fully saturated rings. The largest absolute Gasteiger partial charge is 0.322 e. The number of aromatic nitrogens is 2. The minimum atomic E-state index is -0.114. The van der Waals surface area contributed by atoms with Crippen LogP contribution in [0.4, 0.5) is 5.69 Å². The van der Waals surface area contributed by atoms with E-state index in [1.807, 2.05) is 67.6 Å². The molecule has 122 valence electrons. The first kappa shape index (κ1) is 15.5. The highest BCUT2D eigenvalue weighted by atomic mass is 32.1. The van der Waals surface area contributed by atoms with Crippen LogP contribution in [0.25, 0.3) is 20.9 Å². The Hall–Kier alpha value is -3.05. The van der Waals surface area contributed by atoms with Crippen molar-refractivity contribution >= 4 is 33.3 Å². The molecule has 0 saturated heterocycles. The summed E-state index contributed by atoms with van der Waals surface area (Å²) in [6.45, 7) is 2.00. The molecule has 0 spiro atoms. The van der Waals surface area contributed by atoms with E-state index in [1.165, 1.54) is 0 Å². The minimum Gasteiger partial charge on any atom is -0.322 e. The number of amides is 1. The molecule has 0 atom stereocenters. The van der Waals surface area contributed by atoms with Crippen molar-refractivity contribution in [2.24, 2.45) is 0 Å². The number of pyridine rings is 1. The van der Waals surface area contributed by atoms with E-state index in [-0.39, 0.29) is 5.91 Å². The van der Waals surface area contributed by atoms with E-state index in [1.54, 1.807) is 17.5 Å². The van der Waals surface area contributed by atoms with E-state index in [0.717, 1.165) is 32.2 Å². The summed E-state index contributed by atoms with van der Waals surface area (Å²) in [5.74, 6) is -0.114. The molecule has 0 aliphatic carbocycles. The number of benzene rings is 2. The maximum Gasteiger partial charge on any atom is 0.255 e. The average Bonchev–Trinajstić information content (AvgIpc) is 3.07. The first-order valence-electron chi connectivity index (χ1n) is 7.89. The summed E-state index contributed by atoms with van der Waals surface area (Å²) in [7, 11) is 0. The van der Waals surface area contributed by atoms with Crippen LogP contribution in [0.2, 0.25) is 0 Å². The Morgan fingerprint density at radius 3 is 2.48 bits per heavy atom. The first-order chi connectivity index (χ1) is 12.2. The molecule has 0 aliphatic rings. The van der Waals surface area contributed by atoms with E-state index in [4.69, 9.17) is 0 Å². The van der Waals surface area contributed by atoms with Gasteiger partial charge in [0.15, 0.2) is 0 Å². The van der Waals surface area contributed by atoms with Gasteiger partial charge in [0.25, 0.3) is 5.91 Å². The van der Waals surface area contributed by atoms with Crippen LogP contribution in [0.15, 0.2) is 66.9 Å². The standard InChI is InChI=1S/C20H15N3OS/c1-13-4-6-14(7-5-13)18(24)22-16-10-8-15(9-11-16)19-23-17-3-2-12-21-20(17)25-19/h2-12H,1H3,(H,22,24). The van der Waals surface area contributed by atoms with Crippen molar-refractivity contribution in [2.75, 3.05) is 5.32 Å². The van der Waals surface area contributed by atoms with Gasteiger partial charge in [-0.05, 0) is 55.5 Å². The number of anilines is 1. The molecule has 0 saturated carbocycles. The maximum atomic E-state index is 12.3. The molecule has 4 aromatic rings. The summed E-state index contributed by atoms with van der Waals surface area (Å²) in [6, 6.07) is 19.1. The van der Waals surface area contributed by atoms with Gasteiger partial charge < -0.3 is 5.32 Å². The van der Waals surface area contributed by atoms with Gasteiger partial charge in [0, 0.05) is 23.0 Å². The Morgan fingerprint density at radius 1 is 1.00 bits per heavy atom. The summed E-state index contributed by atoms with van der Waals surface area (Å²) in [5, 5.41) is 3.84. The van der Waals surface area contributed by atoms with Crippen molar-refractivity contribution in [3.05, 3.63) is 78.0 Å². The third-order valence-corrected chi connectivity index (χ3v) is 4.90. The van der Waals surface area contributed by atoms with E-state index >= 15 is 0 Å². The van der Waals surface area contributed by atoms with E-state index in [0.29, 0.717) is 5.56 Å². The van der Waals surface area contributed by atoms with Crippen LogP contribution in [0.1, 0.15) is 15.9 Å². The Bertz CT molecular complexity index is 1000. The average molecular weight is 345 g/mol. The Balaban J connectivity index is 1.53. The van der Waals surface area contributed by atoms with Crippen molar-refractivity contribution in [1.29, 1.82) is 0 Å². The van der Waals surface area contributed by atoms with Crippen LogP contribution in [-0.2, 0) is 0 Å². The summed E-state index contributed by atoms with van der Waals surface area (Å²) in [4.78, 5) is 22.1. The maximum absolute atomic E-state index is 12.3. The van der Waals surface area contributed by atoms with Crippen molar-refractivity contribution < 1.29 is 4.79 Å². The second kappa shape index (κ2) is 6.45. The lowest BCUT2D eigenvalue weighted by molar-refractivity contribution is 0.102. The molecule has 25 heavy (non-hydrogen) atoms. The highest BCUT2D eigenvalue weighted by Crippen LogP contribution is 2.29. The number of fused-ring (bicyclic) bond motifs is 1. The number of aryl methyl sites for hydroxylation is 1. The molecule has 0 radical (unpaired) electrons. The second-order valence-corrected chi connectivity index (χ2v) is 6.72. The zero-order chi connectivity index (χ0) is 17.2. The molecular weight excluding hydrogens is 330 g/mol. The lowest BCUT2D eigenvalue weighted by atomic mass is 10.1. The Labute approximate surface area is 149 Å². The molecule has 4 nitrogen and oxygen atoms in total. The van der Waals surface area contributed by atoms with Crippen molar-refractivity contribution in [1.82, 2.24) is 9.97 Å². The lowest BCUT2D eigenvalue weighted by Crippen LogP contribution is -2.11. The fourth-order valence-electron chi connectivity index (χ4n) is 2.50. The quantitative estimate of drug-likeness (QED) is 0.573. The van der Waals surface area contributed by atoms with Gasteiger partial charge in [-0.25, -0.2) is 9.97 Å². The fraction of sp³-hybridized carbons (Fsp3) is 0.0500. The molecule has 0 unspecified atom stereocenters. The molecule has 0 aliphatic heterocycles. The molecule has 0 bridgehead atoms. The highest BCUT2D eigenvalue weighted by molar-refractivity contribution is 7.21. The van der Waals surface area contributed by atoms with Gasteiger partial charge in [0.05, 0.1) is 0 Å². The SMILES string of the molecule is Cc1ccc(C(=O)Nc2ccc(-c3nc4cccnc4s3)cc2)cc1. The van der Waals surface area contributed by atoms with E-state index in [9.17, 15) is 4.79 Å². The van der Waals surface area contributed by atoms with Crippen molar-refractivity contribution in [3.63, 3.8) is 0 Å². The van der Waals surface area contributed by atoms with Gasteiger partial charge in [-0.3, -0.25) is 4.79 Å². The van der Waals surface area contributed by atoms with Gasteiger partial charge in [-0.1, -0.05) is 29.0 Å². The molecule has 2 aromatic carbocycles. The second-order valence-electron chi connectivity index (χ2n) is 5.74. The normalized spacial score (nSPS) is 10.8. The van der Waals surface area contributed by atoms with Crippen LogP contribution in [0.3, 0.4) is 0 Å². The summed E-state index contributed by atoms with van der Waals surface area (Å²) in [5.41, 5.74) is 4.45. The van der Waals surface area contributed by atoms with Crippen LogP contribution in [0, 0.1) is 6.92 Å². The minimum absolute atomic E-state index is 0.114. The predicted octanol–water partition coefficient (Wildman–Crippen LogP) is 4.92. The zero-order valence-electron chi connectivity index (χ0n) is 13.6. The number of carbonyl (C=O) groups excluding carboxylic acids is 1. The van der Waals surface area contributed by atoms with Gasteiger partial charge in [0.2, 0.25) is 0 Å². The van der Waals surface area contributed by atoms with E-state index in [2.05, 4.69) is 15.3 Å². The summed E-state index contributed by atoms with van der Waals surface area (Å²) in [6.07, 6.45) is 1.77. The van der Waals surface area contributed by atoms with Gasteiger partial charge in [-0.15, -0.1) is 0 Å². The Morgan fingerprint density at radius 2 is 1.76 bits per heavy atom. The van der Waals surface area contributed by atoms with E-state index < -0.39 is 0 Å². The lowest BCUT2D eigenvalue weighted by Gasteiger charge is -2.06. The van der Waals surface area contributed by atoms with Gasteiger partial charge in [-0.2, -0.15) is 0 Å². The number of thiazole rings is 1. The summed E-state index contributed by atoms with van der Waals surface area (Å²) < 4.78 is 0. The van der Waals surface area contributed by atoms with Crippen molar-refractivity contribution in [2.45, 2.75) is 6.92 Å². The van der Waals surface area contributed by atoms with Crippen LogP contribution in [0.5, 0.6) is 0 Å². The highest BCUT2D eigenvalue weighted by Gasteiger charge is 2.08. The Kier molecular flexibility index (Phi) is 3.99. The molecular formula is C20H15N3OS. The molecule has 5 heteroatoms. The topological polar surface area (TPSA) is 54.9 Å². The number of carbonyl (C=O) groups is 1. The predicted molar refractivity (Wildman–Crippen MR) is 102 cm³/mol. The monoisotopic (exact) mass is 345 g/mol. The number of nitrogens with zero attached hydrogens (tertiary/aromatic N) is 2. The molecule has 4 rings (SSSR count). The van der Waals surface area contributed by atoms with Crippen LogP contribution >= 0.6 is 11.3 Å². The molecule has 2 heterocycles. The number of hydrogen-bond donors (Lipinski definition) is 1. The van der Waals surface area contributed by atoms with Gasteiger partial charge in [0.1, 0.15) is 15.4 Å². The third-order valence-electron chi connectivity index (χ3n) is 3.87. The number of nitrogens with one attached hydrogen (secondary N) is 1. The molecule has 2 aromatic heterocycles. The molecule has 1 amide bonds. The fourth-order valence-corrected chi connectivity index (χ4v) is 3.41. The van der Waals surface area contributed by atoms with Crippen molar-refractivity contribution in [3.8, 4) is 10.6 Å². The zero-order valence-corrected chi connectivity index (χ0v) is 14.4. The molecule has 1 N–H and O–H groups in total. The first-order valence-corrected chi connectivity index (χ1v) is 8.71. The van der Waals surface area contributed by atoms with Crippen LogP contribution < -0.4 is 5.32 Å².